The van der Waals surface area contributed by atoms with Crippen molar-refractivity contribution in [3.05, 3.63) is 0 Å². The molecule has 0 bridgehead atoms. The predicted octanol–water partition coefficient (Wildman–Crippen LogP) is 3.51. The minimum absolute atomic E-state index is 0.0827. The molecule has 0 aliphatic carbocycles. The molecule has 5 heteroatoms. The summed E-state index contributed by atoms with van der Waals surface area (Å²) in [6, 6.07) is 0. The van der Waals surface area contributed by atoms with Gasteiger partial charge in [-0.05, 0) is 18.0 Å². The summed E-state index contributed by atoms with van der Waals surface area (Å²) in [5.74, 6) is -0.221. The highest BCUT2D eigenvalue weighted by Gasteiger charge is 2.24. The van der Waals surface area contributed by atoms with E-state index in [1.54, 1.807) is 0 Å². The number of rotatable bonds is 12. The lowest BCUT2D eigenvalue weighted by molar-refractivity contribution is -0.873. The van der Waals surface area contributed by atoms with Crippen LogP contribution in [0.2, 0.25) is 0 Å². The summed E-state index contributed by atoms with van der Waals surface area (Å²) in [5, 5.41) is -0.458. The number of carbonyl (C=O) groups is 2. The zero-order chi connectivity index (χ0) is 16.3. The van der Waals surface area contributed by atoms with E-state index in [0.29, 0.717) is 17.4 Å². The van der Waals surface area contributed by atoms with E-state index in [2.05, 4.69) is 6.92 Å². The second kappa shape index (κ2) is 11.0. The van der Waals surface area contributed by atoms with Gasteiger partial charge in [0.1, 0.15) is 6.54 Å². The molecule has 0 saturated carbocycles. The highest BCUT2D eigenvalue weighted by Crippen LogP contribution is 2.11. The van der Waals surface area contributed by atoms with Crippen molar-refractivity contribution in [3.63, 3.8) is 0 Å². The van der Waals surface area contributed by atoms with Crippen LogP contribution in [0.5, 0.6) is 0 Å². The van der Waals surface area contributed by atoms with Gasteiger partial charge >= 0.3 is 5.97 Å². The molecule has 0 aliphatic heterocycles. The molecule has 0 aromatic rings. The van der Waals surface area contributed by atoms with E-state index in [9.17, 15) is 9.59 Å². The number of esters is 1. The Balaban J connectivity index is 4.01. The Morgan fingerprint density at radius 1 is 1.05 bits per heavy atom. The van der Waals surface area contributed by atoms with E-state index in [0.717, 1.165) is 12.8 Å². The Hall–Kier alpha value is -0.610. The first kappa shape index (κ1) is 20.4. The molecule has 0 saturated heterocycles. The van der Waals surface area contributed by atoms with E-state index in [-0.39, 0.29) is 12.4 Å². The van der Waals surface area contributed by atoms with Gasteiger partial charge in [0.15, 0.2) is 6.10 Å². The normalized spacial score (nSPS) is 13.0. The SMILES string of the molecule is CCCCCCCCC(=O)OC(CC(=O)Cl)C[N+](C)(C)C. The lowest BCUT2D eigenvalue weighted by Gasteiger charge is -2.28. The minimum Gasteiger partial charge on any atom is -0.456 e. The van der Waals surface area contributed by atoms with Gasteiger partial charge in [-0.15, -0.1) is 0 Å². The Labute approximate surface area is 134 Å². The van der Waals surface area contributed by atoms with Crippen molar-refractivity contribution in [2.45, 2.75) is 64.4 Å². The minimum atomic E-state index is -0.458. The van der Waals surface area contributed by atoms with Crippen molar-refractivity contribution in [3.8, 4) is 0 Å². The van der Waals surface area contributed by atoms with E-state index in [1.807, 2.05) is 21.1 Å². The molecule has 0 aromatic heterocycles. The van der Waals surface area contributed by atoms with Gasteiger partial charge in [0.25, 0.3) is 0 Å². The zero-order valence-electron chi connectivity index (χ0n) is 14.0. The first-order valence-electron chi connectivity index (χ1n) is 7.93. The molecule has 21 heavy (non-hydrogen) atoms. The van der Waals surface area contributed by atoms with Crippen LogP contribution in [0.15, 0.2) is 0 Å². The number of ether oxygens (including phenoxy) is 1. The van der Waals surface area contributed by atoms with Gasteiger partial charge in [0, 0.05) is 6.42 Å². The van der Waals surface area contributed by atoms with Crippen LogP contribution >= 0.6 is 11.6 Å². The quantitative estimate of drug-likeness (QED) is 0.239. The maximum Gasteiger partial charge on any atom is 0.306 e. The summed E-state index contributed by atoms with van der Waals surface area (Å²) >= 11 is 5.42. The van der Waals surface area contributed by atoms with Crippen LogP contribution in [0.1, 0.15) is 58.3 Å². The summed E-state index contributed by atoms with van der Waals surface area (Å²) in [6.45, 7) is 2.77. The van der Waals surface area contributed by atoms with Crippen molar-refractivity contribution < 1.29 is 18.8 Å². The summed E-state index contributed by atoms with van der Waals surface area (Å²) in [4.78, 5) is 22.9. The standard InChI is InChI=1S/C16H31ClNO3/c1-5-6-7-8-9-10-11-16(20)21-14(12-15(17)19)13-18(2,3)4/h14H,5-13H2,1-4H3/q+1. The Kier molecular flexibility index (Phi) is 10.7. The lowest BCUT2D eigenvalue weighted by Crippen LogP contribution is -2.43. The van der Waals surface area contributed by atoms with Crippen LogP contribution in [-0.4, -0.2) is 49.5 Å². The number of hydrogen-bond acceptors (Lipinski definition) is 3. The Morgan fingerprint density at radius 2 is 1.62 bits per heavy atom. The van der Waals surface area contributed by atoms with Gasteiger partial charge in [0.2, 0.25) is 5.24 Å². The third-order valence-electron chi connectivity index (χ3n) is 3.17. The van der Waals surface area contributed by atoms with Gasteiger partial charge in [-0.3, -0.25) is 9.59 Å². The lowest BCUT2D eigenvalue weighted by atomic mass is 10.1. The van der Waals surface area contributed by atoms with Crippen LogP contribution in [0.3, 0.4) is 0 Å². The summed E-state index contributed by atoms with van der Waals surface area (Å²) < 4.78 is 6.03. The van der Waals surface area contributed by atoms with E-state index in [4.69, 9.17) is 16.3 Å². The molecule has 4 nitrogen and oxygen atoms in total. The molecule has 0 fully saturated rings. The smallest absolute Gasteiger partial charge is 0.306 e. The molecular weight excluding hydrogens is 290 g/mol. The van der Waals surface area contributed by atoms with Crippen molar-refractivity contribution in [2.75, 3.05) is 27.7 Å². The van der Waals surface area contributed by atoms with Gasteiger partial charge in [0.05, 0.1) is 27.6 Å². The fourth-order valence-corrected chi connectivity index (χ4v) is 2.40. The molecular formula is C16H31ClNO3+. The fourth-order valence-electron chi connectivity index (χ4n) is 2.23. The van der Waals surface area contributed by atoms with Crippen LogP contribution in [0.25, 0.3) is 0 Å². The molecule has 0 heterocycles. The molecule has 1 unspecified atom stereocenters. The summed E-state index contributed by atoms with van der Waals surface area (Å²) in [5.41, 5.74) is 0. The number of halogens is 1. The third-order valence-corrected chi connectivity index (χ3v) is 3.33. The fraction of sp³-hybridized carbons (Fsp3) is 0.875. The van der Waals surface area contributed by atoms with Gasteiger partial charge < -0.3 is 9.22 Å². The highest BCUT2D eigenvalue weighted by atomic mass is 35.5. The van der Waals surface area contributed by atoms with Crippen LogP contribution in [0.4, 0.5) is 0 Å². The largest absolute Gasteiger partial charge is 0.456 e. The molecule has 0 amide bonds. The number of nitrogens with zero attached hydrogens (tertiary/aromatic N) is 1. The Bertz CT molecular complexity index is 313. The topological polar surface area (TPSA) is 43.4 Å². The molecule has 0 spiro atoms. The van der Waals surface area contributed by atoms with Crippen LogP contribution in [-0.2, 0) is 14.3 Å². The van der Waals surface area contributed by atoms with Crippen LogP contribution < -0.4 is 0 Å². The maximum atomic E-state index is 11.8. The number of unbranched alkanes of at least 4 members (excludes halogenated alkanes) is 5. The summed E-state index contributed by atoms with van der Waals surface area (Å²) in [6.07, 6.45) is 6.88. The second-order valence-electron chi connectivity index (χ2n) is 6.66. The second-order valence-corrected chi connectivity index (χ2v) is 7.08. The molecule has 0 rings (SSSR count). The average molecular weight is 321 g/mol. The zero-order valence-corrected chi connectivity index (χ0v) is 14.7. The van der Waals surface area contributed by atoms with Crippen molar-refractivity contribution in [1.29, 1.82) is 0 Å². The molecule has 0 aliphatic rings. The number of likely N-dealkylation sites (N-methyl/N-ethyl adjacent to an activating group) is 1. The maximum absolute atomic E-state index is 11.8. The van der Waals surface area contributed by atoms with Gasteiger partial charge in [-0.25, -0.2) is 0 Å². The highest BCUT2D eigenvalue weighted by molar-refractivity contribution is 6.63. The van der Waals surface area contributed by atoms with E-state index < -0.39 is 11.3 Å². The van der Waals surface area contributed by atoms with Gasteiger partial charge in [-0.2, -0.15) is 0 Å². The van der Waals surface area contributed by atoms with E-state index >= 15 is 0 Å². The first-order valence-corrected chi connectivity index (χ1v) is 8.30. The molecule has 0 radical (unpaired) electrons. The number of hydrogen-bond donors (Lipinski definition) is 0. The predicted molar refractivity (Wildman–Crippen MR) is 86.2 cm³/mol. The van der Waals surface area contributed by atoms with Crippen molar-refractivity contribution in [2.24, 2.45) is 0 Å². The Morgan fingerprint density at radius 3 is 2.14 bits per heavy atom. The van der Waals surface area contributed by atoms with Crippen LogP contribution in [0, 0.1) is 0 Å². The van der Waals surface area contributed by atoms with Crippen molar-refractivity contribution >= 4 is 22.8 Å². The molecule has 0 aromatic carbocycles. The van der Waals surface area contributed by atoms with Crippen molar-refractivity contribution in [1.82, 2.24) is 0 Å². The van der Waals surface area contributed by atoms with E-state index in [1.165, 1.54) is 25.7 Å². The molecule has 124 valence electrons. The molecule has 0 N–H and O–H groups in total. The third kappa shape index (κ3) is 14.1. The molecule has 1 atom stereocenters. The van der Waals surface area contributed by atoms with Gasteiger partial charge in [-0.1, -0.05) is 39.0 Å². The number of carbonyl (C=O) groups excluding carboxylic acids is 2. The first-order chi connectivity index (χ1) is 9.74. The number of quaternary nitrogens is 1. The average Bonchev–Trinajstić information content (AvgIpc) is 2.30. The monoisotopic (exact) mass is 320 g/mol. The summed E-state index contributed by atoms with van der Waals surface area (Å²) in [7, 11) is 5.98.